The van der Waals surface area contributed by atoms with Crippen LogP contribution in [0.15, 0.2) is 65.8 Å². The summed E-state index contributed by atoms with van der Waals surface area (Å²) in [6, 6.07) is 21.0. The van der Waals surface area contributed by atoms with Crippen molar-refractivity contribution in [3.63, 3.8) is 0 Å². The molecule has 0 amide bonds. The van der Waals surface area contributed by atoms with E-state index in [1.807, 2.05) is 6.07 Å². The van der Waals surface area contributed by atoms with Gasteiger partial charge in [0.05, 0.1) is 6.54 Å². The van der Waals surface area contributed by atoms with E-state index in [0.717, 1.165) is 29.7 Å². The maximum atomic E-state index is 4.46. The molecule has 1 aromatic heterocycles. The van der Waals surface area contributed by atoms with Crippen molar-refractivity contribution in [2.24, 2.45) is 5.92 Å². The number of thioether (sulfide) groups is 1. The average molecular weight is 337 g/mol. The van der Waals surface area contributed by atoms with Gasteiger partial charge in [0, 0.05) is 12.2 Å². The maximum absolute atomic E-state index is 4.46. The largest absolute Gasteiger partial charge is 0.302 e. The lowest BCUT2D eigenvalue weighted by Crippen LogP contribution is -2.09. The third-order valence-corrected chi connectivity index (χ3v) is 4.82. The Kier molecular flexibility index (Phi) is 5.70. The van der Waals surface area contributed by atoms with Crippen LogP contribution in [0.4, 0.5) is 0 Å². The fourth-order valence-corrected chi connectivity index (χ4v) is 3.50. The highest BCUT2D eigenvalue weighted by molar-refractivity contribution is 7.98. The van der Waals surface area contributed by atoms with Crippen molar-refractivity contribution in [2.75, 3.05) is 0 Å². The Morgan fingerprint density at radius 2 is 1.50 bits per heavy atom. The van der Waals surface area contributed by atoms with E-state index < -0.39 is 0 Å². The van der Waals surface area contributed by atoms with Crippen molar-refractivity contribution in [2.45, 2.75) is 37.7 Å². The minimum absolute atomic E-state index is 0.565. The van der Waals surface area contributed by atoms with Crippen LogP contribution in [-0.2, 0) is 18.7 Å². The quantitative estimate of drug-likeness (QED) is 0.579. The van der Waals surface area contributed by atoms with Crippen LogP contribution >= 0.6 is 11.8 Å². The topological polar surface area (TPSA) is 30.7 Å². The molecule has 0 N–H and O–H groups in total. The van der Waals surface area contributed by atoms with E-state index in [1.54, 1.807) is 11.8 Å². The maximum Gasteiger partial charge on any atom is 0.191 e. The number of hydrogen-bond donors (Lipinski definition) is 0. The molecule has 3 rings (SSSR count). The van der Waals surface area contributed by atoms with Gasteiger partial charge in [-0.25, -0.2) is 0 Å². The van der Waals surface area contributed by atoms with Crippen molar-refractivity contribution in [3.05, 3.63) is 77.6 Å². The molecule has 1 heterocycles. The van der Waals surface area contributed by atoms with Gasteiger partial charge in [0.15, 0.2) is 5.16 Å². The molecule has 0 spiro atoms. The Hall–Kier alpha value is -2.07. The fraction of sp³-hybridized carbons (Fsp3) is 0.300. The molecule has 0 bridgehead atoms. The molecule has 2 aromatic carbocycles. The van der Waals surface area contributed by atoms with Gasteiger partial charge in [-0.05, 0) is 17.0 Å². The number of nitrogens with zero attached hydrogens (tertiary/aromatic N) is 3. The smallest absolute Gasteiger partial charge is 0.191 e. The highest BCUT2D eigenvalue weighted by Gasteiger charge is 2.14. The zero-order valence-electron chi connectivity index (χ0n) is 14.2. The van der Waals surface area contributed by atoms with Gasteiger partial charge in [0.1, 0.15) is 5.82 Å². The molecule has 0 aliphatic rings. The number of rotatable bonds is 7. The molecule has 24 heavy (non-hydrogen) atoms. The highest BCUT2D eigenvalue weighted by atomic mass is 32.2. The normalized spacial score (nSPS) is 11.1. The van der Waals surface area contributed by atoms with Crippen LogP contribution in [0.25, 0.3) is 0 Å². The summed E-state index contributed by atoms with van der Waals surface area (Å²) in [6.07, 6.45) is 0.950. The first-order valence-corrected chi connectivity index (χ1v) is 9.33. The van der Waals surface area contributed by atoms with E-state index in [4.69, 9.17) is 0 Å². The number of aromatic nitrogens is 3. The molecule has 0 unspecified atom stereocenters. The van der Waals surface area contributed by atoms with E-state index in [-0.39, 0.29) is 0 Å². The molecule has 0 aliphatic heterocycles. The summed E-state index contributed by atoms with van der Waals surface area (Å²) < 4.78 is 2.27. The van der Waals surface area contributed by atoms with Crippen LogP contribution in [0.1, 0.15) is 30.8 Å². The first-order valence-electron chi connectivity index (χ1n) is 8.35. The zero-order chi connectivity index (χ0) is 16.8. The van der Waals surface area contributed by atoms with Gasteiger partial charge in [-0.3, -0.25) is 0 Å². The predicted molar refractivity (Wildman–Crippen MR) is 100 cm³/mol. The fourth-order valence-electron chi connectivity index (χ4n) is 2.59. The second-order valence-corrected chi connectivity index (χ2v) is 7.29. The molecule has 0 saturated carbocycles. The van der Waals surface area contributed by atoms with Crippen LogP contribution in [0.3, 0.4) is 0 Å². The van der Waals surface area contributed by atoms with Crippen molar-refractivity contribution in [3.8, 4) is 0 Å². The van der Waals surface area contributed by atoms with Crippen molar-refractivity contribution in [1.29, 1.82) is 0 Å². The molecule has 3 nitrogen and oxygen atoms in total. The summed E-state index contributed by atoms with van der Waals surface area (Å²) in [6.45, 7) is 5.27. The van der Waals surface area contributed by atoms with Crippen molar-refractivity contribution < 1.29 is 0 Å². The number of benzene rings is 2. The molecular formula is C20H23N3S. The van der Waals surface area contributed by atoms with E-state index in [0.29, 0.717) is 5.92 Å². The number of hydrogen-bond acceptors (Lipinski definition) is 3. The standard InChI is InChI=1S/C20H23N3S/c1-16(2)13-19-21-22-20(24-15-18-11-7-4-8-12-18)23(19)14-17-9-5-3-6-10-17/h3-12,16H,13-15H2,1-2H3. The monoisotopic (exact) mass is 337 g/mol. The van der Waals surface area contributed by atoms with Gasteiger partial charge in [0.2, 0.25) is 0 Å². The molecule has 0 radical (unpaired) electrons. The average Bonchev–Trinajstić information content (AvgIpc) is 2.96. The molecule has 4 heteroatoms. The molecule has 0 atom stereocenters. The molecule has 124 valence electrons. The van der Waals surface area contributed by atoms with Crippen LogP contribution in [0, 0.1) is 5.92 Å². The van der Waals surface area contributed by atoms with Gasteiger partial charge < -0.3 is 4.57 Å². The van der Waals surface area contributed by atoms with Gasteiger partial charge in [-0.15, -0.1) is 10.2 Å². The van der Waals surface area contributed by atoms with E-state index in [9.17, 15) is 0 Å². The van der Waals surface area contributed by atoms with E-state index in [2.05, 4.69) is 83.2 Å². The SMILES string of the molecule is CC(C)Cc1nnc(SCc2ccccc2)n1Cc1ccccc1. The van der Waals surface area contributed by atoms with Crippen molar-refractivity contribution in [1.82, 2.24) is 14.8 Å². The van der Waals surface area contributed by atoms with Crippen molar-refractivity contribution >= 4 is 11.8 Å². The minimum Gasteiger partial charge on any atom is -0.302 e. The van der Waals surface area contributed by atoms with E-state index in [1.165, 1.54) is 11.1 Å². The lowest BCUT2D eigenvalue weighted by atomic mass is 10.1. The Labute approximate surface area is 148 Å². The van der Waals surface area contributed by atoms with Crippen LogP contribution in [-0.4, -0.2) is 14.8 Å². The Morgan fingerprint density at radius 1 is 0.875 bits per heavy atom. The predicted octanol–water partition coefficient (Wildman–Crippen LogP) is 4.82. The van der Waals surface area contributed by atoms with Crippen LogP contribution in [0.2, 0.25) is 0 Å². The van der Waals surface area contributed by atoms with Crippen LogP contribution < -0.4 is 0 Å². The first-order chi connectivity index (χ1) is 11.7. The molecule has 0 aliphatic carbocycles. The lowest BCUT2D eigenvalue weighted by Gasteiger charge is -2.11. The third-order valence-electron chi connectivity index (χ3n) is 3.78. The minimum atomic E-state index is 0.565. The van der Waals surface area contributed by atoms with E-state index >= 15 is 0 Å². The summed E-state index contributed by atoms with van der Waals surface area (Å²) in [5.74, 6) is 2.55. The third kappa shape index (κ3) is 4.48. The summed E-state index contributed by atoms with van der Waals surface area (Å²) >= 11 is 1.76. The Morgan fingerprint density at radius 3 is 2.12 bits per heavy atom. The molecular weight excluding hydrogens is 314 g/mol. The Balaban J connectivity index is 1.81. The summed E-state index contributed by atoms with van der Waals surface area (Å²) in [4.78, 5) is 0. The second kappa shape index (κ2) is 8.15. The summed E-state index contributed by atoms with van der Waals surface area (Å²) in [5.41, 5.74) is 2.59. The summed E-state index contributed by atoms with van der Waals surface area (Å²) in [7, 11) is 0. The lowest BCUT2D eigenvalue weighted by molar-refractivity contribution is 0.576. The Bertz CT molecular complexity index is 751. The molecule has 0 fully saturated rings. The van der Waals surface area contributed by atoms with Crippen LogP contribution in [0.5, 0.6) is 0 Å². The van der Waals surface area contributed by atoms with Gasteiger partial charge in [0.25, 0.3) is 0 Å². The van der Waals surface area contributed by atoms with Gasteiger partial charge in [-0.2, -0.15) is 0 Å². The highest BCUT2D eigenvalue weighted by Crippen LogP contribution is 2.23. The van der Waals surface area contributed by atoms with Gasteiger partial charge in [-0.1, -0.05) is 86.3 Å². The van der Waals surface area contributed by atoms with Gasteiger partial charge >= 0.3 is 0 Å². The second-order valence-electron chi connectivity index (χ2n) is 6.34. The first kappa shape index (κ1) is 16.8. The summed E-state index contributed by atoms with van der Waals surface area (Å²) in [5, 5.41) is 9.91. The molecule has 0 saturated heterocycles. The zero-order valence-corrected chi connectivity index (χ0v) is 15.0. The molecule has 3 aromatic rings.